The van der Waals surface area contributed by atoms with Crippen molar-refractivity contribution in [2.75, 3.05) is 13.2 Å². The van der Waals surface area contributed by atoms with E-state index >= 15 is 0 Å². The molecule has 136 valence electrons. The summed E-state index contributed by atoms with van der Waals surface area (Å²) >= 11 is 0. The Kier molecular flexibility index (Phi) is 5.18. The lowest BCUT2D eigenvalue weighted by Crippen LogP contribution is -2.46. The van der Waals surface area contributed by atoms with Gasteiger partial charge >= 0.3 is 0 Å². The summed E-state index contributed by atoms with van der Waals surface area (Å²) in [5.41, 5.74) is 3.69. The third kappa shape index (κ3) is 3.58. The molecule has 2 heterocycles. The highest BCUT2D eigenvalue weighted by Crippen LogP contribution is 2.30. The second-order valence-electron chi connectivity index (χ2n) is 7.01. The van der Waals surface area contributed by atoms with E-state index in [1.807, 2.05) is 0 Å². The molecular formula is C19H27N3O3. The zero-order valence-corrected chi connectivity index (χ0v) is 15.1. The number of benzene rings is 1. The Balaban J connectivity index is 1.72. The number of phenolic OH excluding ortho intramolecular Hbond substituents is 1. The Bertz CT molecular complexity index is 659. The van der Waals surface area contributed by atoms with Crippen molar-refractivity contribution in [1.82, 2.24) is 15.3 Å². The number of carbonyl (C=O) groups is 1. The number of rotatable bonds is 6. The molecule has 2 atom stereocenters. The molecule has 2 N–H and O–H groups in total. The second-order valence-corrected chi connectivity index (χ2v) is 7.01. The minimum atomic E-state index is -0.0433. The van der Waals surface area contributed by atoms with E-state index in [1.54, 1.807) is 12.1 Å². The highest BCUT2D eigenvalue weighted by molar-refractivity contribution is 5.83. The highest BCUT2D eigenvalue weighted by Gasteiger charge is 2.33. The van der Waals surface area contributed by atoms with E-state index in [1.165, 1.54) is 11.9 Å². The third-order valence-corrected chi connectivity index (χ3v) is 4.77. The number of carbonyl (C=O) groups excluding carboxylic acids is 1. The molecule has 6 heteroatoms. The van der Waals surface area contributed by atoms with Gasteiger partial charge in [0, 0.05) is 18.6 Å². The minimum Gasteiger partial charge on any atom is -0.507 e. The smallest absolute Gasteiger partial charge is 0.157 e. The molecule has 0 aromatic heterocycles. The molecule has 25 heavy (non-hydrogen) atoms. The lowest BCUT2D eigenvalue weighted by molar-refractivity contribution is 0.109. The molecule has 1 aromatic carbocycles. The Morgan fingerprint density at radius 2 is 2.24 bits per heavy atom. The minimum absolute atomic E-state index is 0.0433. The Labute approximate surface area is 149 Å². The van der Waals surface area contributed by atoms with Crippen molar-refractivity contribution < 1.29 is 14.6 Å². The van der Waals surface area contributed by atoms with Gasteiger partial charge in [0.2, 0.25) is 0 Å². The first-order valence-corrected chi connectivity index (χ1v) is 8.95. The van der Waals surface area contributed by atoms with Crippen LogP contribution >= 0.6 is 0 Å². The maximum atomic E-state index is 11.2. The highest BCUT2D eigenvalue weighted by atomic mass is 16.5. The molecule has 2 aliphatic rings. The Morgan fingerprint density at radius 1 is 1.44 bits per heavy atom. The van der Waals surface area contributed by atoms with Crippen LogP contribution in [0.2, 0.25) is 0 Å². The van der Waals surface area contributed by atoms with Gasteiger partial charge in [0.15, 0.2) is 6.29 Å². The fourth-order valence-corrected chi connectivity index (χ4v) is 3.55. The van der Waals surface area contributed by atoms with Crippen molar-refractivity contribution in [3.63, 3.8) is 0 Å². The van der Waals surface area contributed by atoms with Crippen LogP contribution in [0.1, 0.15) is 44.0 Å². The van der Waals surface area contributed by atoms with E-state index in [0.717, 1.165) is 19.4 Å². The van der Waals surface area contributed by atoms with Gasteiger partial charge in [0.05, 0.1) is 11.6 Å². The van der Waals surface area contributed by atoms with Crippen LogP contribution in [0, 0.1) is 0 Å². The predicted molar refractivity (Wildman–Crippen MR) is 96.4 cm³/mol. The van der Waals surface area contributed by atoms with E-state index in [2.05, 4.69) is 42.2 Å². The van der Waals surface area contributed by atoms with Gasteiger partial charge in [0.1, 0.15) is 23.9 Å². The summed E-state index contributed by atoms with van der Waals surface area (Å²) in [5, 5.41) is 12.0. The van der Waals surface area contributed by atoms with Gasteiger partial charge in [-0.2, -0.15) is 0 Å². The van der Waals surface area contributed by atoms with Crippen LogP contribution in [0.5, 0.6) is 11.5 Å². The second kappa shape index (κ2) is 7.35. The first-order chi connectivity index (χ1) is 12.0. The quantitative estimate of drug-likeness (QED) is 0.773. The number of aromatic hydroxyl groups is 1. The average Bonchev–Trinajstić information content (AvgIpc) is 3.18. The first-order valence-electron chi connectivity index (χ1n) is 8.95. The largest absolute Gasteiger partial charge is 0.507 e. The summed E-state index contributed by atoms with van der Waals surface area (Å²) < 4.78 is 5.91. The van der Waals surface area contributed by atoms with Crippen LogP contribution in [0.4, 0.5) is 0 Å². The number of hydrogen-bond donors (Lipinski definition) is 2. The van der Waals surface area contributed by atoms with Crippen LogP contribution in [-0.2, 0) is 0 Å². The molecule has 1 aromatic rings. The molecule has 1 saturated heterocycles. The molecular weight excluding hydrogens is 318 g/mol. The van der Waals surface area contributed by atoms with Crippen molar-refractivity contribution in [3.8, 4) is 11.5 Å². The lowest BCUT2D eigenvalue weighted by Gasteiger charge is -2.36. The van der Waals surface area contributed by atoms with E-state index in [9.17, 15) is 9.90 Å². The maximum absolute atomic E-state index is 11.2. The van der Waals surface area contributed by atoms with Gasteiger partial charge < -0.3 is 14.7 Å². The van der Waals surface area contributed by atoms with E-state index in [-0.39, 0.29) is 17.4 Å². The summed E-state index contributed by atoms with van der Waals surface area (Å²) in [7, 11) is 0. The zero-order chi connectivity index (χ0) is 18.0. The van der Waals surface area contributed by atoms with Crippen molar-refractivity contribution in [3.05, 3.63) is 35.7 Å². The topological polar surface area (TPSA) is 65.0 Å². The average molecular weight is 345 g/mol. The molecule has 6 nitrogen and oxygen atoms in total. The van der Waals surface area contributed by atoms with E-state index in [0.29, 0.717) is 30.7 Å². The third-order valence-electron chi connectivity index (χ3n) is 4.77. The van der Waals surface area contributed by atoms with Gasteiger partial charge in [0.25, 0.3) is 0 Å². The number of hydrazine groups is 1. The molecule has 2 aliphatic heterocycles. The van der Waals surface area contributed by atoms with Crippen molar-refractivity contribution >= 4 is 6.29 Å². The number of aldehydes is 1. The molecule has 0 radical (unpaired) electrons. The normalized spacial score (nSPS) is 23.3. The molecule has 2 unspecified atom stereocenters. The van der Waals surface area contributed by atoms with Crippen LogP contribution in [0.25, 0.3) is 0 Å². The van der Waals surface area contributed by atoms with Crippen LogP contribution in [0.3, 0.4) is 0 Å². The van der Waals surface area contributed by atoms with Gasteiger partial charge in [-0.15, -0.1) is 0 Å². The summed E-state index contributed by atoms with van der Waals surface area (Å²) in [6, 6.07) is 5.84. The number of phenols is 1. The number of likely N-dealkylation sites (tertiary alicyclic amines) is 1. The Morgan fingerprint density at radius 3 is 2.96 bits per heavy atom. The molecule has 3 rings (SSSR count). The van der Waals surface area contributed by atoms with E-state index < -0.39 is 0 Å². The van der Waals surface area contributed by atoms with Gasteiger partial charge in [-0.1, -0.05) is 6.07 Å². The zero-order valence-electron chi connectivity index (χ0n) is 15.1. The number of nitrogens with zero attached hydrogens (tertiary/aromatic N) is 2. The van der Waals surface area contributed by atoms with Gasteiger partial charge in [-0.25, -0.2) is 5.43 Å². The standard InChI is InChI=1S/C19H27N3O3/c1-13(2)22-19(10-14(3)20-22)21-9-5-6-15(21)12-25-18-8-4-7-17(24)16(18)11-23/h4,7-8,10-11,13-15,20,24H,5-6,9,12H2,1-3H3. The summed E-state index contributed by atoms with van der Waals surface area (Å²) in [4.78, 5) is 13.6. The molecule has 1 fully saturated rings. The summed E-state index contributed by atoms with van der Waals surface area (Å²) in [6.07, 6.45) is 5.06. The van der Waals surface area contributed by atoms with Gasteiger partial charge in [-0.05, 0) is 51.8 Å². The van der Waals surface area contributed by atoms with E-state index in [4.69, 9.17) is 4.74 Å². The fourth-order valence-electron chi connectivity index (χ4n) is 3.55. The number of nitrogens with one attached hydrogen (secondary N) is 1. The predicted octanol–water partition coefficient (Wildman–Crippen LogP) is 2.51. The number of ether oxygens (including phenoxy) is 1. The summed E-state index contributed by atoms with van der Waals surface area (Å²) in [6.45, 7) is 7.97. The van der Waals surface area contributed by atoms with Crippen molar-refractivity contribution in [1.29, 1.82) is 0 Å². The number of hydrogen-bond acceptors (Lipinski definition) is 6. The van der Waals surface area contributed by atoms with Crippen LogP contribution in [0.15, 0.2) is 30.1 Å². The molecule has 0 spiro atoms. The first kappa shape index (κ1) is 17.6. The van der Waals surface area contributed by atoms with Crippen molar-refractivity contribution in [2.24, 2.45) is 0 Å². The van der Waals surface area contributed by atoms with Crippen LogP contribution < -0.4 is 10.2 Å². The van der Waals surface area contributed by atoms with Crippen LogP contribution in [-0.4, -0.2) is 52.6 Å². The maximum Gasteiger partial charge on any atom is 0.157 e. The fraction of sp³-hybridized carbons (Fsp3) is 0.526. The monoisotopic (exact) mass is 345 g/mol. The summed E-state index contributed by atoms with van der Waals surface area (Å²) in [5.74, 6) is 1.60. The molecule has 0 saturated carbocycles. The van der Waals surface area contributed by atoms with Crippen molar-refractivity contribution in [2.45, 2.75) is 51.7 Å². The molecule has 0 bridgehead atoms. The molecule has 0 aliphatic carbocycles. The SMILES string of the molecule is CC1C=C(N2CCCC2COc2cccc(O)c2C=O)N(C(C)C)N1. The molecule has 0 amide bonds. The van der Waals surface area contributed by atoms with Gasteiger partial charge in [-0.3, -0.25) is 9.80 Å². The Hall–Kier alpha value is -2.21. The lowest BCUT2D eigenvalue weighted by atomic mass is 10.2.